The Morgan fingerprint density at radius 3 is 2.56 bits per heavy atom. The number of benzene rings is 1. The molecule has 0 spiro atoms. The van der Waals surface area contributed by atoms with Crippen LogP contribution in [0.4, 0.5) is 0 Å². The van der Waals surface area contributed by atoms with E-state index in [4.69, 9.17) is 11.6 Å². The lowest BCUT2D eigenvalue weighted by Gasteiger charge is -2.06. The standard InChI is InChI=1S/C12H11ClO3/c1-16-12(15)9-5-4-8(13)6-10(9)11(14)7-2-3-7/h4-7H,2-3H2,1H3. The van der Waals surface area contributed by atoms with Crippen molar-refractivity contribution in [3.05, 3.63) is 34.3 Å². The van der Waals surface area contributed by atoms with Gasteiger partial charge in [-0.05, 0) is 31.0 Å². The molecule has 1 fully saturated rings. The van der Waals surface area contributed by atoms with E-state index in [2.05, 4.69) is 4.74 Å². The largest absolute Gasteiger partial charge is 0.465 e. The lowest BCUT2D eigenvalue weighted by atomic mass is 10.0. The quantitative estimate of drug-likeness (QED) is 0.601. The molecule has 1 aliphatic rings. The smallest absolute Gasteiger partial charge is 0.338 e. The van der Waals surface area contributed by atoms with E-state index in [-0.39, 0.29) is 11.7 Å². The Morgan fingerprint density at radius 2 is 2.00 bits per heavy atom. The normalized spacial score (nSPS) is 14.6. The van der Waals surface area contributed by atoms with E-state index in [0.717, 1.165) is 12.8 Å². The Kier molecular flexibility index (Phi) is 2.97. The van der Waals surface area contributed by atoms with Crippen molar-refractivity contribution in [1.29, 1.82) is 0 Å². The lowest BCUT2D eigenvalue weighted by molar-refractivity contribution is 0.0596. The third kappa shape index (κ3) is 2.09. The van der Waals surface area contributed by atoms with Crippen molar-refractivity contribution >= 4 is 23.4 Å². The van der Waals surface area contributed by atoms with Crippen LogP contribution < -0.4 is 0 Å². The number of hydrogen-bond donors (Lipinski definition) is 0. The van der Waals surface area contributed by atoms with Gasteiger partial charge in [0.15, 0.2) is 5.78 Å². The molecular weight excluding hydrogens is 228 g/mol. The number of Topliss-reactive ketones (excluding diaryl/α,β-unsaturated/α-hetero) is 1. The third-order valence-electron chi connectivity index (χ3n) is 2.60. The summed E-state index contributed by atoms with van der Waals surface area (Å²) in [6.45, 7) is 0. The van der Waals surface area contributed by atoms with E-state index in [1.165, 1.54) is 19.2 Å². The summed E-state index contributed by atoms with van der Waals surface area (Å²) in [7, 11) is 1.29. The molecule has 1 aliphatic carbocycles. The second-order valence-corrected chi connectivity index (χ2v) is 4.26. The topological polar surface area (TPSA) is 43.4 Å². The Bertz CT molecular complexity index is 450. The average molecular weight is 239 g/mol. The fourth-order valence-corrected chi connectivity index (χ4v) is 1.75. The molecule has 84 valence electrons. The summed E-state index contributed by atoms with van der Waals surface area (Å²) in [5.41, 5.74) is 0.672. The summed E-state index contributed by atoms with van der Waals surface area (Å²) in [5.74, 6) is -0.453. The van der Waals surface area contributed by atoms with Crippen molar-refractivity contribution in [3.8, 4) is 0 Å². The van der Waals surface area contributed by atoms with Gasteiger partial charge in [0.2, 0.25) is 0 Å². The number of carbonyl (C=O) groups excluding carboxylic acids is 2. The molecule has 0 radical (unpaired) electrons. The highest BCUT2D eigenvalue weighted by Crippen LogP contribution is 2.34. The van der Waals surface area contributed by atoms with E-state index in [9.17, 15) is 9.59 Å². The zero-order chi connectivity index (χ0) is 11.7. The molecule has 2 rings (SSSR count). The summed E-state index contributed by atoms with van der Waals surface area (Å²) in [4.78, 5) is 23.4. The van der Waals surface area contributed by atoms with Crippen molar-refractivity contribution in [2.75, 3.05) is 7.11 Å². The van der Waals surface area contributed by atoms with Gasteiger partial charge >= 0.3 is 5.97 Å². The van der Waals surface area contributed by atoms with Crippen molar-refractivity contribution in [1.82, 2.24) is 0 Å². The fraction of sp³-hybridized carbons (Fsp3) is 0.333. The predicted molar refractivity (Wildman–Crippen MR) is 59.8 cm³/mol. The number of ketones is 1. The zero-order valence-corrected chi connectivity index (χ0v) is 9.58. The molecule has 0 atom stereocenters. The maximum atomic E-state index is 11.9. The first-order chi connectivity index (χ1) is 7.63. The Labute approximate surface area is 98.4 Å². The van der Waals surface area contributed by atoms with Crippen molar-refractivity contribution in [3.63, 3.8) is 0 Å². The van der Waals surface area contributed by atoms with Crippen LogP contribution in [0.15, 0.2) is 18.2 Å². The summed E-state index contributed by atoms with van der Waals surface area (Å²) in [6, 6.07) is 4.65. The second-order valence-electron chi connectivity index (χ2n) is 3.82. The Balaban J connectivity index is 2.43. The van der Waals surface area contributed by atoms with Gasteiger partial charge in [-0.1, -0.05) is 11.6 Å². The second kappa shape index (κ2) is 4.26. The first-order valence-electron chi connectivity index (χ1n) is 5.05. The first-order valence-corrected chi connectivity index (χ1v) is 5.43. The molecule has 0 N–H and O–H groups in total. The van der Waals surface area contributed by atoms with E-state index in [0.29, 0.717) is 16.1 Å². The Morgan fingerprint density at radius 1 is 1.31 bits per heavy atom. The van der Waals surface area contributed by atoms with Gasteiger partial charge in [-0.15, -0.1) is 0 Å². The van der Waals surface area contributed by atoms with Gasteiger partial charge in [-0.25, -0.2) is 4.79 Å². The van der Waals surface area contributed by atoms with Gasteiger partial charge in [0.1, 0.15) is 0 Å². The maximum absolute atomic E-state index is 11.9. The van der Waals surface area contributed by atoms with Gasteiger partial charge in [0, 0.05) is 16.5 Å². The number of esters is 1. The molecule has 0 amide bonds. The van der Waals surface area contributed by atoms with Crippen molar-refractivity contribution in [2.45, 2.75) is 12.8 Å². The monoisotopic (exact) mass is 238 g/mol. The molecule has 0 aliphatic heterocycles. The molecule has 1 aromatic carbocycles. The molecule has 1 aromatic rings. The van der Waals surface area contributed by atoms with Crippen LogP contribution in [-0.2, 0) is 4.74 Å². The number of carbonyl (C=O) groups is 2. The van der Waals surface area contributed by atoms with Crippen LogP contribution >= 0.6 is 11.6 Å². The highest BCUT2D eigenvalue weighted by atomic mass is 35.5. The molecule has 1 saturated carbocycles. The first kappa shape index (κ1) is 11.1. The number of halogens is 1. The molecule has 0 unspecified atom stereocenters. The fourth-order valence-electron chi connectivity index (χ4n) is 1.57. The highest BCUT2D eigenvalue weighted by Gasteiger charge is 2.32. The number of ether oxygens (including phenoxy) is 1. The van der Waals surface area contributed by atoms with Crippen LogP contribution in [0.5, 0.6) is 0 Å². The van der Waals surface area contributed by atoms with Gasteiger partial charge in [0.05, 0.1) is 12.7 Å². The maximum Gasteiger partial charge on any atom is 0.338 e. The summed E-state index contributed by atoms with van der Waals surface area (Å²) in [5, 5.41) is 0.455. The molecule has 4 heteroatoms. The van der Waals surface area contributed by atoms with Crippen LogP contribution in [0, 0.1) is 5.92 Å². The van der Waals surface area contributed by atoms with E-state index in [1.807, 2.05) is 0 Å². The van der Waals surface area contributed by atoms with Gasteiger partial charge in [0.25, 0.3) is 0 Å². The van der Waals surface area contributed by atoms with Crippen molar-refractivity contribution in [2.24, 2.45) is 5.92 Å². The molecule has 0 saturated heterocycles. The minimum absolute atomic E-state index is 0.0112. The average Bonchev–Trinajstić information content (AvgIpc) is 3.11. The lowest BCUT2D eigenvalue weighted by Crippen LogP contribution is -2.11. The summed E-state index contributed by atoms with van der Waals surface area (Å²) < 4.78 is 4.63. The molecule has 3 nitrogen and oxygen atoms in total. The predicted octanol–water partition coefficient (Wildman–Crippen LogP) is 2.72. The van der Waals surface area contributed by atoms with Gasteiger partial charge < -0.3 is 4.74 Å². The zero-order valence-electron chi connectivity index (χ0n) is 8.83. The van der Waals surface area contributed by atoms with E-state index in [1.54, 1.807) is 6.07 Å². The highest BCUT2D eigenvalue weighted by molar-refractivity contribution is 6.31. The summed E-state index contributed by atoms with van der Waals surface area (Å²) in [6.07, 6.45) is 1.79. The molecular formula is C12H11ClO3. The van der Waals surface area contributed by atoms with E-state index >= 15 is 0 Å². The number of hydrogen-bond acceptors (Lipinski definition) is 3. The molecule has 0 bridgehead atoms. The SMILES string of the molecule is COC(=O)c1ccc(Cl)cc1C(=O)C1CC1. The van der Waals surface area contributed by atoms with Crippen molar-refractivity contribution < 1.29 is 14.3 Å². The third-order valence-corrected chi connectivity index (χ3v) is 2.84. The number of rotatable bonds is 3. The van der Waals surface area contributed by atoms with Gasteiger partial charge in [-0.3, -0.25) is 4.79 Å². The van der Waals surface area contributed by atoms with Crippen LogP contribution in [0.1, 0.15) is 33.6 Å². The number of methoxy groups -OCH3 is 1. The minimum Gasteiger partial charge on any atom is -0.465 e. The molecule has 0 heterocycles. The van der Waals surface area contributed by atoms with Crippen LogP contribution in [0.3, 0.4) is 0 Å². The van der Waals surface area contributed by atoms with Crippen LogP contribution in [0.2, 0.25) is 5.02 Å². The summed E-state index contributed by atoms with van der Waals surface area (Å²) >= 11 is 5.83. The minimum atomic E-state index is -0.499. The van der Waals surface area contributed by atoms with Gasteiger partial charge in [-0.2, -0.15) is 0 Å². The molecule has 0 aromatic heterocycles. The van der Waals surface area contributed by atoms with Crippen LogP contribution in [0.25, 0.3) is 0 Å². The molecule has 16 heavy (non-hydrogen) atoms. The Hall–Kier alpha value is -1.35. The van der Waals surface area contributed by atoms with Crippen LogP contribution in [-0.4, -0.2) is 18.9 Å². The van der Waals surface area contributed by atoms with E-state index < -0.39 is 5.97 Å².